The Hall–Kier alpha value is -4.22. The fraction of sp³-hybridized carbons (Fsp3) is 0.261. The molecule has 0 bridgehead atoms. The minimum atomic E-state index is -1.24. The van der Waals surface area contributed by atoms with Gasteiger partial charge in [-0.15, -0.1) is 23.1 Å². The SMILES string of the molecule is CO/N=C(\C(=O)NC1C(=O)N2C(C(=O)O)=C(C[n+]3cccc4c(NCC(N)=O)csc43)CS[C@H]12)c1csc(N)n1. The van der Waals surface area contributed by atoms with Crippen molar-refractivity contribution in [1.29, 1.82) is 0 Å². The van der Waals surface area contributed by atoms with Crippen molar-refractivity contribution in [3.63, 3.8) is 0 Å². The third-order valence-electron chi connectivity index (χ3n) is 6.11. The number of carbonyl (C=O) groups excluding carboxylic acids is 3. The van der Waals surface area contributed by atoms with Crippen LogP contribution in [0, 0.1) is 0 Å². The number of carboxylic acid groups (broad SMARTS) is 1. The van der Waals surface area contributed by atoms with Gasteiger partial charge in [-0.1, -0.05) is 16.5 Å². The summed E-state index contributed by atoms with van der Waals surface area (Å²) in [6.45, 7) is 0.212. The van der Waals surface area contributed by atoms with Gasteiger partial charge in [0, 0.05) is 28.2 Å². The lowest BCUT2D eigenvalue weighted by molar-refractivity contribution is -0.661. The van der Waals surface area contributed by atoms with E-state index >= 15 is 0 Å². The third-order valence-corrected chi connectivity index (χ3v) is 9.16. The number of hydrogen-bond donors (Lipinski definition) is 5. The first-order valence-corrected chi connectivity index (χ1v) is 14.5. The third kappa shape index (κ3) is 5.05. The average molecular weight is 604 g/mol. The first kappa shape index (κ1) is 27.4. The van der Waals surface area contributed by atoms with Crippen molar-refractivity contribution in [2.75, 3.05) is 30.5 Å². The van der Waals surface area contributed by atoms with Crippen LogP contribution in [-0.4, -0.2) is 75.2 Å². The van der Waals surface area contributed by atoms with Gasteiger partial charge in [0.2, 0.25) is 5.91 Å². The molecule has 2 atom stereocenters. The Kier molecular flexibility index (Phi) is 7.59. The van der Waals surface area contributed by atoms with E-state index in [1.54, 1.807) is 0 Å². The summed E-state index contributed by atoms with van der Waals surface area (Å²) in [5.74, 6) is -2.64. The van der Waals surface area contributed by atoms with Gasteiger partial charge in [0.25, 0.3) is 16.6 Å². The molecule has 40 heavy (non-hydrogen) atoms. The molecule has 14 nitrogen and oxygen atoms in total. The average Bonchev–Trinajstić information content (AvgIpc) is 3.55. The highest BCUT2D eigenvalue weighted by Gasteiger charge is 2.55. The lowest BCUT2D eigenvalue weighted by atomic mass is 10.0. The van der Waals surface area contributed by atoms with Gasteiger partial charge in [-0.3, -0.25) is 19.3 Å². The number of anilines is 2. The normalized spacial score (nSPS) is 18.8. The number of fused-ring (bicyclic) bond motifs is 2. The predicted molar refractivity (Wildman–Crippen MR) is 149 cm³/mol. The summed E-state index contributed by atoms with van der Waals surface area (Å²) in [5, 5.41) is 23.3. The second kappa shape index (κ2) is 11.1. The summed E-state index contributed by atoms with van der Waals surface area (Å²) in [4.78, 5) is 60.5. The number of aliphatic carboxylic acids is 1. The maximum absolute atomic E-state index is 13.2. The Morgan fingerprint density at radius 3 is 2.80 bits per heavy atom. The van der Waals surface area contributed by atoms with E-state index < -0.39 is 35.1 Å². The first-order chi connectivity index (χ1) is 19.2. The van der Waals surface area contributed by atoms with Gasteiger partial charge in [0.05, 0.1) is 17.6 Å². The largest absolute Gasteiger partial charge is 0.477 e. The van der Waals surface area contributed by atoms with Crippen LogP contribution >= 0.6 is 34.4 Å². The number of carbonyl (C=O) groups is 4. The van der Waals surface area contributed by atoms with Crippen LogP contribution in [0.15, 0.2) is 45.5 Å². The van der Waals surface area contributed by atoms with E-state index in [0.717, 1.165) is 27.2 Å². The Morgan fingerprint density at radius 2 is 2.12 bits per heavy atom. The maximum Gasteiger partial charge on any atom is 0.352 e. The highest BCUT2D eigenvalue weighted by molar-refractivity contribution is 8.00. The highest BCUT2D eigenvalue weighted by Crippen LogP contribution is 2.40. The molecule has 2 aliphatic heterocycles. The molecule has 3 aromatic heterocycles. The number of nitrogens with zero attached hydrogens (tertiary/aromatic N) is 4. The molecule has 1 unspecified atom stereocenters. The number of thioether (sulfide) groups is 1. The summed E-state index contributed by atoms with van der Waals surface area (Å²) in [5.41, 5.74) is 12.1. The van der Waals surface area contributed by atoms with Crippen molar-refractivity contribution >= 4 is 84.9 Å². The molecule has 2 aliphatic rings. The van der Waals surface area contributed by atoms with E-state index in [2.05, 4.69) is 20.8 Å². The van der Waals surface area contributed by atoms with Gasteiger partial charge in [0.1, 0.15) is 29.9 Å². The van der Waals surface area contributed by atoms with Crippen molar-refractivity contribution in [3.8, 4) is 0 Å². The van der Waals surface area contributed by atoms with E-state index in [-0.39, 0.29) is 35.3 Å². The predicted octanol–water partition coefficient (Wildman–Crippen LogP) is -0.0860. The number of thiophene rings is 1. The molecular weight excluding hydrogens is 581 g/mol. The monoisotopic (exact) mass is 603 g/mol. The summed E-state index contributed by atoms with van der Waals surface area (Å²) < 4.78 is 1.89. The fourth-order valence-corrected chi connectivity index (χ4v) is 7.30. The van der Waals surface area contributed by atoms with Crippen LogP contribution < -0.4 is 26.7 Å². The number of pyridine rings is 1. The molecule has 0 aliphatic carbocycles. The number of oxime groups is 1. The molecule has 1 fully saturated rings. The number of amides is 3. The minimum Gasteiger partial charge on any atom is -0.477 e. The Labute approximate surface area is 238 Å². The smallest absolute Gasteiger partial charge is 0.352 e. The number of rotatable bonds is 10. The molecule has 17 heteroatoms. The van der Waals surface area contributed by atoms with E-state index in [4.69, 9.17) is 16.3 Å². The zero-order chi connectivity index (χ0) is 28.6. The van der Waals surface area contributed by atoms with Gasteiger partial charge in [-0.05, 0) is 6.07 Å². The number of nitrogens with two attached hydrogens (primary N) is 2. The molecule has 0 radical (unpaired) electrons. The summed E-state index contributed by atoms with van der Waals surface area (Å²) in [6, 6.07) is 2.75. The van der Waals surface area contributed by atoms with E-state index in [0.29, 0.717) is 11.3 Å². The number of nitrogens with one attached hydrogen (secondary N) is 2. The molecule has 208 valence electrons. The second-order valence-electron chi connectivity index (χ2n) is 8.64. The molecule has 0 aromatic carbocycles. The Morgan fingerprint density at radius 1 is 1.32 bits per heavy atom. The molecule has 5 heterocycles. The molecular formula is C23H23N8O6S3+. The molecule has 1 saturated heterocycles. The van der Waals surface area contributed by atoms with Gasteiger partial charge >= 0.3 is 5.97 Å². The first-order valence-electron chi connectivity index (χ1n) is 11.6. The zero-order valence-corrected chi connectivity index (χ0v) is 23.3. The van der Waals surface area contributed by atoms with Crippen LogP contribution in [-0.2, 0) is 30.6 Å². The van der Waals surface area contributed by atoms with E-state index in [1.165, 1.54) is 40.5 Å². The number of β-lactam (4-membered cyclic amide) rings is 1. The Balaban J connectivity index is 1.37. The minimum absolute atomic E-state index is 0.0154. The number of aromatic nitrogens is 2. The van der Waals surface area contributed by atoms with Crippen LogP contribution in [0.4, 0.5) is 10.8 Å². The van der Waals surface area contributed by atoms with Crippen molar-refractivity contribution < 1.29 is 33.7 Å². The Bertz CT molecular complexity index is 1600. The molecule has 0 saturated carbocycles. The summed E-state index contributed by atoms with van der Waals surface area (Å²) in [6.07, 6.45) is 1.82. The van der Waals surface area contributed by atoms with Gasteiger partial charge in [-0.2, -0.15) is 4.57 Å². The second-order valence-corrected chi connectivity index (χ2v) is 11.5. The van der Waals surface area contributed by atoms with Gasteiger partial charge < -0.3 is 32.0 Å². The number of primary amides is 1. The molecule has 5 rings (SSSR count). The van der Waals surface area contributed by atoms with Gasteiger partial charge in [-0.25, -0.2) is 9.78 Å². The van der Waals surface area contributed by atoms with E-state index in [9.17, 15) is 24.3 Å². The number of hydrogen-bond acceptors (Lipinski definition) is 12. The van der Waals surface area contributed by atoms with Crippen molar-refractivity contribution in [3.05, 3.63) is 46.1 Å². The van der Waals surface area contributed by atoms with Crippen LogP contribution in [0.1, 0.15) is 5.69 Å². The number of carboxylic acids is 1. The molecule has 3 amide bonds. The number of thiazole rings is 1. The summed E-state index contributed by atoms with van der Waals surface area (Å²) in [7, 11) is 1.27. The molecule has 7 N–H and O–H groups in total. The van der Waals surface area contributed by atoms with Gasteiger partial charge in [0.15, 0.2) is 23.6 Å². The fourth-order valence-electron chi connectivity index (χ4n) is 4.41. The van der Waals surface area contributed by atoms with Crippen molar-refractivity contribution in [2.24, 2.45) is 10.9 Å². The van der Waals surface area contributed by atoms with Crippen LogP contribution in [0.5, 0.6) is 0 Å². The van der Waals surface area contributed by atoms with Crippen molar-refractivity contribution in [2.45, 2.75) is 18.0 Å². The van der Waals surface area contributed by atoms with Crippen LogP contribution in [0.2, 0.25) is 0 Å². The van der Waals surface area contributed by atoms with E-state index in [1.807, 2.05) is 28.3 Å². The van der Waals surface area contributed by atoms with Crippen LogP contribution in [0.25, 0.3) is 10.2 Å². The molecule has 0 spiro atoms. The topological polar surface area (TPSA) is 206 Å². The van der Waals surface area contributed by atoms with Crippen molar-refractivity contribution in [1.82, 2.24) is 15.2 Å². The maximum atomic E-state index is 13.2. The highest BCUT2D eigenvalue weighted by atomic mass is 32.2. The standard InChI is InChI=1S/C23H22N8O6S3/c1-37-29-15(13-9-40-23(25)27-13)18(33)28-16-19(34)31-17(22(35)36)10(7-38-21(16)31)6-30-4-2-3-11-12(8-39-20(11)30)26-5-14(24)32/h2-4,8-9,16,21,26H,5-7H2,1H3,(H5-,24,25,27,28,32,33,35,36)/p+1/b29-15-/t16?,21-/m1/s1. The quantitative estimate of drug-likeness (QED) is 0.0901. The summed E-state index contributed by atoms with van der Waals surface area (Å²) >= 11 is 3.90. The number of nitrogen functional groups attached to an aromatic ring is 1. The lowest BCUT2D eigenvalue weighted by Gasteiger charge is -2.49. The molecule has 3 aromatic rings. The zero-order valence-electron chi connectivity index (χ0n) is 20.8. The lowest BCUT2D eigenvalue weighted by Crippen LogP contribution is -2.71. The van der Waals surface area contributed by atoms with Crippen LogP contribution in [0.3, 0.4) is 0 Å².